The van der Waals surface area contributed by atoms with Gasteiger partial charge in [-0.05, 0) is 58.7 Å². The fourth-order valence-corrected chi connectivity index (χ4v) is 9.60. The fourth-order valence-electron chi connectivity index (χ4n) is 8.42. The van der Waals surface area contributed by atoms with E-state index in [1.54, 1.807) is 0 Å². The largest absolute Gasteiger partial charge is 0.309 e. The Bertz CT molecular complexity index is 3020. The third-order valence-electron chi connectivity index (χ3n) is 11.0. The summed E-state index contributed by atoms with van der Waals surface area (Å²) in [4.78, 5) is 14.9. The maximum atomic E-state index is 4.99. The van der Waals surface area contributed by atoms with E-state index in [0.29, 0.717) is 17.5 Å². The topological polar surface area (TPSA) is 43.6 Å². The molecule has 1 aliphatic carbocycles. The van der Waals surface area contributed by atoms with E-state index in [9.17, 15) is 0 Å². The summed E-state index contributed by atoms with van der Waals surface area (Å²) in [6, 6.07) is 56.4. The van der Waals surface area contributed by atoms with E-state index >= 15 is 0 Å². The Morgan fingerprint density at radius 2 is 1.04 bits per heavy atom. The molecule has 0 spiro atoms. The quantitative estimate of drug-likeness (QED) is 0.184. The molecule has 250 valence electrons. The lowest BCUT2D eigenvalue weighted by molar-refractivity contribution is 0.661. The van der Waals surface area contributed by atoms with Gasteiger partial charge in [0.2, 0.25) is 0 Å². The molecule has 3 aromatic heterocycles. The molecule has 0 atom stereocenters. The molecule has 0 saturated carbocycles. The van der Waals surface area contributed by atoms with Gasteiger partial charge >= 0.3 is 0 Å². The molecule has 0 unspecified atom stereocenters. The van der Waals surface area contributed by atoms with Crippen LogP contribution in [0.5, 0.6) is 0 Å². The lowest BCUT2D eigenvalue weighted by atomic mass is 9.82. The molecule has 0 radical (unpaired) electrons. The van der Waals surface area contributed by atoms with E-state index in [1.165, 1.54) is 69.9 Å². The van der Waals surface area contributed by atoms with Gasteiger partial charge in [0.05, 0.1) is 11.0 Å². The van der Waals surface area contributed by atoms with Gasteiger partial charge < -0.3 is 4.57 Å². The first-order valence-electron chi connectivity index (χ1n) is 18.0. The van der Waals surface area contributed by atoms with Gasteiger partial charge in [-0.25, -0.2) is 15.0 Å². The van der Waals surface area contributed by atoms with Crippen LogP contribution in [-0.4, -0.2) is 19.5 Å². The zero-order chi connectivity index (χ0) is 35.3. The van der Waals surface area contributed by atoms with Crippen molar-refractivity contribution in [3.8, 4) is 51.0 Å². The SMILES string of the molecule is CC1(C)c2ccccc2-c2cc3c4ccccc4n(-c4ccc5c(c4)sc4cc(-c6nc(-c7ccccc7)nc(-c7ccccc7)n6)ccc45)c3cc21. The molecule has 11 rings (SSSR count). The summed E-state index contributed by atoms with van der Waals surface area (Å²) in [7, 11) is 0. The van der Waals surface area contributed by atoms with Gasteiger partial charge in [-0.3, -0.25) is 0 Å². The zero-order valence-corrected chi connectivity index (χ0v) is 30.0. The van der Waals surface area contributed by atoms with Gasteiger partial charge in [-0.1, -0.05) is 135 Å². The fraction of sp³-hybridized carbons (Fsp3) is 0.0625. The summed E-state index contributed by atoms with van der Waals surface area (Å²) >= 11 is 1.82. The van der Waals surface area contributed by atoms with Crippen molar-refractivity contribution in [3.05, 3.63) is 169 Å². The molecule has 0 saturated heterocycles. The summed E-state index contributed by atoms with van der Waals surface area (Å²) < 4.78 is 4.91. The van der Waals surface area contributed by atoms with Gasteiger partial charge in [0.15, 0.2) is 17.5 Å². The van der Waals surface area contributed by atoms with Crippen LogP contribution >= 0.6 is 11.3 Å². The minimum Gasteiger partial charge on any atom is -0.309 e. The first-order chi connectivity index (χ1) is 26.0. The maximum Gasteiger partial charge on any atom is 0.164 e. The number of fused-ring (bicyclic) bond motifs is 9. The predicted molar refractivity (Wildman–Crippen MR) is 221 cm³/mol. The van der Waals surface area contributed by atoms with Crippen LogP contribution in [0.25, 0.3) is 93.0 Å². The number of hydrogen-bond acceptors (Lipinski definition) is 4. The number of rotatable bonds is 4. The van der Waals surface area contributed by atoms with Crippen LogP contribution < -0.4 is 0 Å². The lowest BCUT2D eigenvalue weighted by Gasteiger charge is -2.21. The van der Waals surface area contributed by atoms with E-state index in [1.807, 2.05) is 72.0 Å². The van der Waals surface area contributed by atoms with Gasteiger partial charge in [0, 0.05) is 58.7 Å². The Morgan fingerprint density at radius 1 is 0.434 bits per heavy atom. The Hall–Kier alpha value is -6.43. The molecule has 0 bridgehead atoms. The molecule has 53 heavy (non-hydrogen) atoms. The summed E-state index contributed by atoms with van der Waals surface area (Å²) in [6.07, 6.45) is 0. The Balaban J connectivity index is 1.06. The highest BCUT2D eigenvalue weighted by atomic mass is 32.1. The zero-order valence-electron chi connectivity index (χ0n) is 29.2. The number of benzene rings is 7. The average molecular weight is 697 g/mol. The highest BCUT2D eigenvalue weighted by molar-refractivity contribution is 7.25. The third kappa shape index (κ3) is 4.57. The molecule has 5 heteroatoms. The molecular formula is C48H32N4S. The summed E-state index contributed by atoms with van der Waals surface area (Å²) in [5.74, 6) is 2.00. The van der Waals surface area contributed by atoms with Gasteiger partial charge in [0.1, 0.15) is 0 Å². The second-order valence-electron chi connectivity index (χ2n) is 14.5. The molecule has 7 aromatic carbocycles. The van der Waals surface area contributed by atoms with Crippen LogP contribution in [0.15, 0.2) is 158 Å². The minimum atomic E-state index is -0.0726. The number of aromatic nitrogens is 4. The van der Waals surface area contributed by atoms with Crippen molar-refractivity contribution in [3.63, 3.8) is 0 Å². The number of thiophene rings is 1. The monoisotopic (exact) mass is 696 g/mol. The van der Waals surface area contributed by atoms with Crippen molar-refractivity contribution < 1.29 is 0 Å². The number of para-hydroxylation sites is 1. The second-order valence-corrected chi connectivity index (χ2v) is 15.6. The molecule has 10 aromatic rings. The van der Waals surface area contributed by atoms with Crippen molar-refractivity contribution in [2.24, 2.45) is 0 Å². The van der Waals surface area contributed by atoms with Crippen molar-refractivity contribution in [1.29, 1.82) is 0 Å². The third-order valence-corrected chi connectivity index (χ3v) is 12.2. The molecule has 4 nitrogen and oxygen atoms in total. The van der Waals surface area contributed by atoms with Crippen molar-refractivity contribution in [2.45, 2.75) is 19.3 Å². The van der Waals surface area contributed by atoms with Crippen LogP contribution in [0.2, 0.25) is 0 Å². The van der Waals surface area contributed by atoms with Crippen molar-refractivity contribution in [1.82, 2.24) is 19.5 Å². The molecule has 0 amide bonds. The molecule has 0 N–H and O–H groups in total. The van der Waals surface area contributed by atoms with Gasteiger partial charge in [-0.15, -0.1) is 11.3 Å². The van der Waals surface area contributed by atoms with Crippen molar-refractivity contribution in [2.75, 3.05) is 0 Å². The van der Waals surface area contributed by atoms with E-state index < -0.39 is 0 Å². The normalized spacial score (nSPS) is 13.2. The predicted octanol–water partition coefficient (Wildman–Crippen LogP) is 12.6. The van der Waals surface area contributed by atoms with Gasteiger partial charge in [-0.2, -0.15) is 0 Å². The number of nitrogens with zero attached hydrogens (tertiary/aromatic N) is 4. The van der Waals surface area contributed by atoms with Crippen LogP contribution in [0.1, 0.15) is 25.0 Å². The standard InChI is InChI=1S/C48H32N4S/c1-48(2)39-19-11-9-17-33(39)37-27-38-34-18-10-12-20-41(34)52(42(38)28-40(37)48)32-22-24-36-35-23-21-31(25-43(35)53-44(36)26-32)47-50-45(29-13-5-3-6-14-29)49-46(51-47)30-15-7-4-8-16-30/h3-28H,1-2H3. The maximum absolute atomic E-state index is 4.99. The summed E-state index contributed by atoms with van der Waals surface area (Å²) in [5, 5.41) is 5.05. The van der Waals surface area contributed by atoms with Crippen LogP contribution in [0.4, 0.5) is 0 Å². The molecule has 1 aliphatic rings. The molecule has 0 aliphatic heterocycles. The van der Waals surface area contributed by atoms with E-state index in [-0.39, 0.29) is 5.41 Å². The van der Waals surface area contributed by atoms with E-state index in [2.05, 4.69) is 115 Å². The summed E-state index contributed by atoms with van der Waals surface area (Å²) in [6.45, 7) is 4.71. The molecule has 3 heterocycles. The molecular weight excluding hydrogens is 665 g/mol. The van der Waals surface area contributed by atoms with Crippen molar-refractivity contribution >= 4 is 53.3 Å². The second kappa shape index (κ2) is 11.3. The van der Waals surface area contributed by atoms with Crippen LogP contribution in [0, 0.1) is 0 Å². The Morgan fingerprint density at radius 3 is 1.77 bits per heavy atom. The lowest BCUT2D eigenvalue weighted by Crippen LogP contribution is -2.14. The smallest absolute Gasteiger partial charge is 0.164 e. The minimum absolute atomic E-state index is 0.0726. The molecule has 0 fully saturated rings. The average Bonchev–Trinajstić information content (AvgIpc) is 3.82. The summed E-state index contributed by atoms with van der Waals surface area (Å²) in [5.41, 5.74) is 11.9. The highest BCUT2D eigenvalue weighted by Gasteiger charge is 2.36. The van der Waals surface area contributed by atoms with Crippen LogP contribution in [0.3, 0.4) is 0 Å². The van der Waals surface area contributed by atoms with Crippen LogP contribution in [-0.2, 0) is 5.41 Å². The Labute approximate surface area is 310 Å². The van der Waals surface area contributed by atoms with Gasteiger partial charge in [0.25, 0.3) is 0 Å². The first-order valence-corrected chi connectivity index (χ1v) is 18.8. The Kier molecular flexibility index (Phi) is 6.43. The number of hydrogen-bond donors (Lipinski definition) is 0. The van der Waals surface area contributed by atoms with E-state index in [0.717, 1.165) is 16.7 Å². The van der Waals surface area contributed by atoms with E-state index in [4.69, 9.17) is 15.0 Å². The highest BCUT2D eigenvalue weighted by Crippen LogP contribution is 2.51. The first kappa shape index (κ1) is 30.2.